The molecule has 0 aliphatic rings. The van der Waals surface area contributed by atoms with Crippen molar-refractivity contribution in [3.8, 4) is 11.8 Å². The molecule has 0 aromatic carbocycles. The largest absolute Gasteiger partial charge is 0.472 e. The van der Waals surface area contributed by atoms with E-state index in [1.54, 1.807) is 12.4 Å². The van der Waals surface area contributed by atoms with Gasteiger partial charge in [-0.05, 0) is 12.8 Å². The van der Waals surface area contributed by atoms with Crippen molar-refractivity contribution in [3.63, 3.8) is 0 Å². The Bertz CT molecular complexity index is 333. The van der Waals surface area contributed by atoms with Crippen LogP contribution >= 0.6 is 0 Å². The number of aliphatic carboxylic acids is 1. The first-order valence-electron chi connectivity index (χ1n) is 4.49. The Hall–Kier alpha value is -1.76. The SMILES string of the molecule is O=C(O)C#CCCCCc1ncc[nH]1. The van der Waals surface area contributed by atoms with Crippen molar-refractivity contribution in [2.24, 2.45) is 0 Å². The molecule has 14 heavy (non-hydrogen) atoms. The van der Waals surface area contributed by atoms with Gasteiger partial charge in [-0.25, -0.2) is 9.78 Å². The minimum atomic E-state index is -1.06. The Morgan fingerprint density at radius 3 is 3.07 bits per heavy atom. The molecule has 0 aliphatic heterocycles. The van der Waals surface area contributed by atoms with Crippen LogP contribution in [-0.4, -0.2) is 21.0 Å². The molecular formula is C10H12N2O2. The van der Waals surface area contributed by atoms with Gasteiger partial charge < -0.3 is 10.1 Å². The molecule has 1 rings (SSSR count). The number of carboxylic acid groups (broad SMARTS) is 1. The molecule has 0 amide bonds. The standard InChI is InChI=1S/C10H12N2O2/c13-10(14)6-4-2-1-3-5-9-11-7-8-12-9/h7-8H,1-3,5H2,(H,11,12)(H,13,14). The number of hydrogen-bond donors (Lipinski definition) is 2. The first-order chi connectivity index (χ1) is 6.79. The van der Waals surface area contributed by atoms with E-state index in [9.17, 15) is 4.79 Å². The minimum absolute atomic E-state index is 0.632. The van der Waals surface area contributed by atoms with Gasteiger partial charge in [0.05, 0.1) is 0 Å². The van der Waals surface area contributed by atoms with Crippen molar-refractivity contribution < 1.29 is 9.90 Å². The number of aromatic amines is 1. The van der Waals surface area contributed by atoms with Gasteiger partial charge in [0.2, 0.25) is 0 Å². The molecule has 0 fully saturated rings. The van der Waals surface area contributed by atoms with Gasteiger partial charge in [-0.2, -0.15) is 0 Å². The molecule has 0 saturated heterocycles. The van der Waals surface area contributed by atoms with E-state index >= 15 is 0 Å². The summed E-state index contributed by atoms with van der Waals surface area (Å²) in [4.78, 5) is 17.1. The highest BCUT2D eigenvalue weighted by Crippen LogP contribution is 2.00. The summed E-state index contributed by atoms with van der Waals surface area (Å²) in [5.41, 5.74) is 0. The van der Waals surface area contributed by atoms with E-state index in [-0.39, 0.29) is 0 Å². The molecule has 0 aliphatic carbocycles. The fourth-order valence-corrected chi connectivity index (χ4v) is 1.08. The summed E-state index contributed by atoms with van der Waals surface area (Å²) >= 11 is 0. The van der Waals surface area contributed by atoms with Crippen molar-refractivity contribution in [1.82, 2.24) is 9.97 Å². The van der Waals surface area contributed by atoms with Gasteiger partial charge in [0.25, 0.3) is 0 Å². The van der Waals surface area contributed by atoms with Crippen molar-refractivity contribution >= 4 is 5.97 Å². The van der Waals surface area contributed by atoms with Gasteiger partial charge in [0.15, 0.2) is 0 Å². The highest BCUT2D eigenvalue weighted by atomic mass is 16.4. The molecule has 0 saturated carbocycles. The quantitative estimate of drug-likeness (QED) is 0.556. The third kappa shape index (κ3) is 4.31. The van der Waals surface area contributed by atoms with Crippen molar-refractivity contribution in [2.45, 2.75) is 25.7 Å². The Balaban J connectivity index is 2.06. The fraction of sp³-hybridized carbons (Fsp3) is 0.400. The van der Waals surface area contributed by atoms with E-state index < -0.39 is 5.97 Å². The molecule has 1 aromatic heterocycles. The van der Waals surface area contributed by atoms with E-state index in [0.717, 1.165) is 25.1 Å². The van der Waals surface area contributed by atoms with E-state index in [0.29, 0.717) is 6.42 Å². The summed E-state index contributed by atoms with van der Waals surface area (Å²) in [7, 11) is 0. The van der Waals surface area contributed by atoms with Crippen LogP contribution in [0.4, 0.5) is 0 Å². The second-order valence-corrected chi connectivity index (χ2v) is 2.85. The molecule has 0 bridgehead atoms. The number of carbonyl (C=O) groups is 1. The molecule has 0 radical (unpaired) electrons. The molecule has 1 heterocycles. The molecule has 0 spiro atoms. The van der Waals surface area contributed by atoms with E-state index in [2.05, 4.69) is 21.8 Å². The zero-order chi connectivity index (χ0) is 10.2. The average Bonchev–Trinajstić information content (AvgIpc) is 2.63. The van der Waals surface area contributed by atoms with Crippen LogP contribution in [0.25, 0.3) is 0 Å². The van der Waals surface area contributed by atoms with Gasteiger partial charge in [0, 0.05) is 31.2 Å². The molecule has 0 unspecified atom stereocenters. The van der Waals surface area contributed by atoms with Crippen LogP contribution in [0.15, 0.2) is 12.4 Å². The number of unbranched alkanes of at least 4 members (excludes halogenated alkanes) is 2. The normalized spacial score (nSPS) is 9.14. The van der Waals surface area contributed by atoms with Crippen LogP contribution in [0.5, 0.6) is 0 Å². The molecule has 0 atom stereocenters. The number of imidazole rings is 1. The second-order valence-electron chi connectivity index (χ2n) is 2.85. The molecule has 2 N–H and O–H groups in total. The minimum Gasteiger partial charge on any atom is -0.472 e. The van der Waals surface area contributed by atoms with E-state index in [1.165, 1.54) is 0 Å². The van der Waals surface area contributed by atoms with Crippen LogP contribution in [0.2, 0.25) is 0 Å². The maximum absolute atomic E-state index is 10.0. The predicted octanol–water partition coefficient (Wildman–Crippen LogP) is 1.21. The van der Waals surface area contributed by atoms with Crippen LogP contribution in [-0.2, 0) is 11.2 Å². The Labute approximate surface area is 82.4 Å². The molecule has 1 aromatic rings. The van der Waals surface area contributed by atoms with Crippen LogP contribution in [0, 0.1) is 11.8 Å². The second kappa shape index (κ2) is 5.81. The Kier molecular flexibility index (Phi) is 4.29. The van der Waals surface area contributed by atoms with Crippen LogP contribution in [0.1, 0.15) is 25.1 Å². The number of hydrogen-bond acceptors (Lipinski definition) is 2. The molecular weight excluding hydrogens is 180 g/mol. The number of nitrogens with zero attached hydrogens (tertiary/aromatic N) is 1. The summed E-state index contributed by atoms with van der Waals surface area (Å²) < 4.78 is 0. The van der Waals surface area contributed by atoms with Crippen LogP contribution in [0.3, 0.4) is 0 Å². The summed E-state index contributed by atoms with van der Waals surface area (Å²) in [5.74, 6) is 4.58. The number of aryl methyl sites for hydroxylation is 1. The van der Waals surface area contributed by atoms with E-state index in [4.69, 9.17) is 5.11 Å². The van der Waals surface area contributed by atoms with Gasteiger partial charge >= 0.3 is 5.97 Å². The van der Waals surface area contributed by atoms with Gasteiger partial charge in [0.1, 0.15) is 5.82 Å². The van der Waals surface area contributed by atoms with Gasteiger partial charge in [-0.3, -0.25) is 0 Å². The smallest absolute Gasteiger partial charge is 0.381 e. The third-order valence-electron chi connectivity index (χ3n) is 1.72. The maximum atomic E-state index is 10.0. The number of carboxylic acids is 1. The lowest BCUT2D eigenvalue weighted by Gasteiger charge is -1.93. The van der Waals surface area contributed by atoms with Gasteiger partial charge in [-0.15, -0.1) is 0 Å². The Morgan fingerprint density at radius 1 is 1.57 bits per heavy atom. The summed E-state index contributed by atoms with van der Waals surface area (Å²) in [6.07, 6.45) is 6.91. The number of aromatic nitrogens is 2. The lowest BCUT2D eigenvalue weighted by atomic mass is 10.2. The monoisotopic (exact) mass is 192 g/mol. The summed E-state index contributed by atoms with van der Waals surface area (Å²) in [5, 5.41) is 8.23. The zero-order valence-electron chi connectivity index (χ0n) is 7.79. The lowest BCUT2D eigenvalue weighted by molar-refractivity contribution is -0.130. The first kappa shape index (κ1) is 10.3. The topological polar surface area (TPSA) is 66.0 Å². The molecule has 4 heteroatoms. The van der Waals surface area contributed by atoms with Crippen LogP contribution < -0.4 is 0 Å². The molecule has 74 valence electrons. The van der Waals surface area contributed by atoms with Crippen molar-refractivity contribution in [2.75, 3.05) is 0 Å². The average molecular weight is 192 g/mol. The fourth-order valence-electron chi connectivity index (χ4n) is 1.08. The maximum Gasteiger partial charge on any atom is 0.381 e. The number of nitrogens with one attached hydrogen (secondary N) is 1. The molecule has 4 nitrogen and oxygen atoms in total. The number of H-pyrrole nitrogens is 1. The first-order valence-corrected chi connectivity index (χ1v) is 4.49. The van der Waals surface area contributed by atoms with E-state index in [1.807, 2.05) is 0 Å². The third-order valence-corrected chi connectivity index (χ3v) is 1.72. The highest BCUT2D eigenvalue weighted by molar-refractivity contribution is 5.86. The summed E-state index contributed by atoms with van der Waals surface area (Å²) in [6.45, 7) is 0. The highest BCUT2D eigenvalue weighted by Gasteiger charge is 1.93. The number of rotatable bonds is 4. The lowest BCUT2D eigenvalue weighted by Crippen LogP contribution is -1.89. The van der Waals surface area contributed by atoms with Crippen molar-refractivity contribution in [1.29, 1.82) is 0 Å². The van der Waals surface area contributed by atoms with Crippen molar-refractivity contribution in [3.05, 3.63) is 18.2 Å². The van der Waals surface area contributed by atoms with Gasteiger partial charge in [-0.1, -0.05) is 5.92 Å². The summed E-state index contributed by atoms with van der Waals surface area (Å²) in [6, 6.07) is 0. The predicted molar refractivity (Wildman–Crippen MR) is 51.6 cm³/mol. The zero-order valence-corrected chi connectivity index (χ0v) is 7.79. The Morgan fingerprint density at radius 2 is 2.43 bits per heavy atom.